The molecule has 24 heavy (non-hydrogen) atoms. The summed E-state index contributed by atoms with van der Waals surface area (Å²) in [6, 6.07) is 5.99. The van der Waals surface area contributed by atoms with E-state index in [4.69, 9.17) is 4.74 Å². The third kappa shape index (κ3) is 3.33. The molecule has 2 aromatic rings. The second kappa shape index (κ2) is 7.12. The summed E-state index contributed by atoms with van der Waals surface area (Å²) in [5.41, 5.74) is 1.65. The van der Waals surface area contributed by atoms with Crippen molar-refractivity contribution in [3.63, 3.8) is 0 Å². The van der Waals surface area contributed by atoms with E-state index in [1.165, 1.54) is 5.01 Å². The van der Waals surface area contributed by atoms with Crippen LogP contribution in [0.25, 0.3) is 11.0 Å². The predicted octanol–water partition coefficient (Wildman–Crippen LogP) is 2.48. The third-order valence-electron chi connectivity index (χ3n) is 3.67. The van der Waals surface area contributed by atoms with Gasteiger partial charge in [0.15, 0.2) is 6.23 Å². The first kappa shape index (κ1) is 16.6. The van der Waals surface area contributed by atoms with Crippen molar-refractivity contribution in [2.24, 2.45) is 0 Å². The molecular formula is C16H20N4O3S. The van der Waals surface area contributed by atoms with E-state index in [1.54, 1.807) is 29.7 Å². The molecule has 1 fully saturated rings. The number of amides is 2. The summed E-state index contributed by atoms with van der Waals surface area (Å²) in [5, 5.41) is 4.11. The molecular weight excluding hydrogens is 328 g/mol. The minimum Gasteiger partial charge on any atom is -0.422 e. The van der Waals surface area contributed by atoms with E-state index >= 15 is 0 Å². The van der Waals surface area contributed by atoms with Gasteiger partial charge in [0.2, 0.25) is 5.91 Å². The lowest BCUT2D eigenvalue weighted by molar-refractivity contribution is -0.123. The number of benzene rings is 1. The van der Waals surface area contributed by atoms with E-state index in [0.717, 1.165) is 28.1 Å². The normalized spacial score (nSPS) is 17.3. The van der Waals surface area contributed by atoms with Crippen molar-refractivity contribution in [1.29, 1.82) is 0 Å². The van der Waals surface area contributed by atoms with Crippen molar-refractivity contribution in [2.75, 3.05) is 17.3 Å². The second-order valence-electron chi connectivity index (χ2n) is 5.46. The molecule has 128 valence electrons. The average molecular weight is 348 g/mol. The molecule has 1 saturated heterocycles. The first-order valence-corrected chi connectivity index (χ1v) is 8.98. The van der Waals surface area contributed by atoms with Gasteiger partial charge in [0.1, 0.15) is 12.9 Å². The van der Waals surface area contributed by atoms with Crippen molar-refractivity contribution in [1.82, 2.24) is 15.0 Å². The fourth-order valence-corrected chi connectivity index (χ4v) is 3.26. The van der Waals surface area contributed by atoms with Crippen molar-refractivity contribution in [3.05, 3.63) is 24.5 Å². The molecule has 0 saturated carbocycles. The first-order chi connectivity index (χ1) is 11.6. The van der Waals surface area contributed by atoms with E-state index < -0.39 is 12.3 Å². The molecule has 0 spiro atoms. The van der Waals surface area contributed by atoms with Crippen LogP contribution in [0, 0.1) is 0 Å². The quantitative estimate of drug-likeness (QED) is 0.812. The summed E-state index contributed by atoms with van der Waals surface area (Å²) in [7, 11) is 0. The molecule has 1 atom stereocenters. The maximum absolute atomic E-state index is 12.1. The Balaban J connectivity index is 1.79. The zero-order valence-electron chi connectivity index (χ0n) is 13.7. The van der Waals surface area contributed by atoms with Crippen molar-refractivity contribution >= 4 is 34.8 Å². The van der Waals surface area contributed by atoms with Gasteiger partial charge in [-0.15, -0.1) is 11.8 Å². The highest BCUT2D eigenvalue weighted by Gasteiger charge is 2.34. The zero-order chi connectivity index (χ0) is 17.1. The van der Waals surface area contributed by atoms with Crippen LogP contribution in [0.2, 0.25) is 0 Å². The largest absolute Gasteiger partial charge is 0.431 e. The van der Waals surface area contributed by atoms with Crippen molar-refractivity contribution < 1.29 is 14.3 Å². The number of ether oxygens (including phenoxy) is 1. The molecule has 0 aliphatic carbocycles. The Labute approximate surface area is 144 Å². The number of imidazole rings is 1. The lowest BCUT2D eigenvalue weighted by atomic mass is 10.3. The van der Waals surface area contributed by atoms with Gasteiger partial charge in [-0.1, -0.05) is 13.8 Å². The Morgan fingerprint density at radius 2 is 2.29 bits per heavy atom. The van der Waals surface area contributed by atoms with E-state index in [1.807, 2.05) is 18.2 Å². The predicted molar refractivity (Wildman–Crippen MR) is 92.5 cm³/mol. The monoisotopic (exact) mass is 348 g/mol. The number of carbonyl (C=O) groups is 2. The fraction of sp³-hybridized carbons (Fsp3) is 0.438. The number of hydrogen-bond acceptors (Lipinski definition) is 5. The molecule has 2 heterocycles. The molecule has 0 bridgehead atoms. The summed E-state index contributed by atoms with van der Waals surface area (Å²) >= 11 is 1.79. The van der Waals surface area contributed by atoms with Gasteiger partial charge in [-0.25, -0.2) is 19.5 Å². The van der Waals surface area contributed by atoms with Crippen LogP contribution in [0.1, 0.15) is 26.7 Å². The molecule has 1 N–H and O–H groups in total. The van der Waals surface area contributed by atoms with Crippen LogP contribution in [0.4, 0.5) is 4.79 Å². The Kier molecular flexibility index (Phi) is 4.94. The molecule has 7 nitrogen and oxygen atoms in total. The maximum Gasteiger partial charge on any atom is 0.431 e. The van der Waals surface area contributed by atoms with Crippen LogP contribution in [-0.2, 0) is 9.53 Å². The van der Waals surface area contributed by atoms with Crippen LogP contribution in [-0.4, -0.2) is 40.2 Å². The fourth-order valence-electron chi connectivity index (χ4n) is 2.47. The Hall–Kier alpha value is -2.22. The number of nitrogens with zero attached hydrogens (tertiary/aromatic N) is 3. The summed E-state index contributed by atoms with van der Waals surface area (Å²) < 4.78 is 6.87. The first-order valence-electron chi connectivity index (χ1n) is 8.00. The van der Waals surface area contributed by atoms with Crippen molar-refractivity contribution in [3.8, 4) is 0 Å². The Bertz CT molecular complexity index is 761. The topological polar surface area (TPSA) is 76.5 Å². The van der Waals surface area contributed by atoms with Crippen molar-refractivity contribution in [2.45, 2.75) is 37.8 Å². The summed E-state index contributed by atoms with van der Waals surface area (Å²) in [4.78, 5) is 29.1. The van der Waals surface area contributed by atoms with Gasteiger partial charge >= 0.3 is 6.09 Å². The summed E-state index contributed by atoms with van der Waals surface area (Å²) in [6.45, 7) is 4.15. The highest BCUT2D eigenvalue weighted by molar-refractivity contribution is 7.99. The van der Waals surface area contributed by atoms with Gasteiger partial charge in [-0.3, -0.25) is 4.79 Å². The van der Waals surface area contributed by atoms with Gasteiger partial charge in [-0.05, 0) is 30.4 Å². The zero-order valence-corrected chi connectivity index (χ0v) is 14.5. The molecule has 2 amide bonds. The van der Waals surface area contributed by atoms with Gasteiger partial charge in [0.05, 0.1) is 11.0 Å². The minimum absolute atomic E-state index is 0.150. The SMILES string of the molecule is CCCSc1ccc2c(c1)ncn2N1CC(NC(=O)CC)OC1=O. The van der Waals surface area contributed by atoms with Crippen LogP contribution in [0.5, 0.6) is 0 Å². The number of cyclic esters (lactones) is 1. The number of fused-ring (bicyclic) bond motifs is 1. The molecule has 8 heteroatoms. The maximum atomic E-state index is 12.1. The van der Waals surface area contributed by atoms with Crippen LogP contribution >= 0.6 is 11.8 Å². The lowest BCUT2D eigenvalue weighted by Gasteiger charge is -2.15. The van der Waals surface area contributed by atoms with Gasteiger partial charge < -0.3 is 10.1 Å². The number of nitrogens with one attached hydrogen (secondary N) is 1. The highest BCUT2D eigenvalue weighted by atomic mass is 32.2. The van der Waals surface area contributed by atoms with Crippen LogP contribution < -0.4 is 10.3 Å². The van der Waals surface area contributed by atoms with Gasteiger partial charge in [-0.2, -0.15) is 0 Å². The standard InChI is InChI=1S/C16H20N4O3S/c1-3-7-24-11-5-6-13-12(8-11)17-10-20(13)19-9-15(23-16(19)22)18-14(21)4-2/h5-6,8,10,15H,3-4,7,9H2,1-2H3,(H,18,21). The molecule has 0 radical (unpaired) electrons. The van der Waals surface area contributed by atoms with E-state index in [2.05, 4.69) is 17.2 Å². The minimum atomic E-state index is -0.637. The Morgan fingerprint density at radius 3 is 3.04 bits per heavy atom. The number of aromatic nitrogens is 2. The molecule has 1 aliphatic rings. The number of rotatable bonds is 6. The van der Waals surface area contributed by atoms with Gasteiger partial charge in [0.25, 0.3) is 0 Å². The van der Waals surface area contributed by atoms with E-state index in [0.29, 0.717) is 6.42 Å². The molecule has 3 rings (SSSR count). The smallest absolute Gasteiger partial charge is 0.422 e. The highest BCUT2D eigenvalue weighted by Crippen LogP contribution is 2.24. The van der Waals surface area contributed by atoms with Gasteiger partial charge in [0, 0.05) is 11.3 Å². The Morgan fingerprint density at radius 1 is 1.46 bits per heavy atom. The third-order valence-corrected chi connectivity index (χ3v) is 4.87. The summed E-state index contributed by atoms with van der Waals surface area (Å²) in [5.74, 6) is 0.909. The number of carbonyl (C=O) groups excluding carboxylic acids is 2. The van der Waals surface area contributed by atoms with Crippen LogP contribution in [0.3, 0.4) is 0 Å². The molecule has 1 unspecified atom stereocenters. The average Bonchev–Trinajstić information content (AvgIpc) is 3.15. The number of thioether (sulfide) groups is 1. The van der Waals surface area contributed by atoms with E-state index in [9.17, 15) is 9.59 Å². The molecule has 1 aromatic carbocycles. The molecule has 1 aromatic heterocycles. The summed E-state index contributed by atoms with van der Waals surface area (Å²) in [6.07, 6.45) is 1.92. The van der Waals surface area contributed by atoms with E-state index in [-0.39, 0.29) is 12.5 Å². The second-order valence-corrected chi connectivity index (χ2v) is 6.63. The van der Waals surface area contributed by atoms with Crippen LogP contribution in [0.15, 0.2) is 29.4 Å². The number of hydrogen-bond donors (Lipinski definition) is 1. The lowest BCUT2D eigenvalue weighted by Crippen LogP contribution is -2.40. The molecule has 1 aliphatic heterocycles.